The van der Waals surface area contributed by atoms with Crippen LogP contribution < -0.4 is 5.73 Å². The van der Waals surface area contributed by atoms with Crippen LogP contribution in [0.2, 0.25) is 0 Å². The zero-order valence-corrected chi connectivity index (χ0v) is 18.7. The zero-order chi connectivity index (χ0) is 23.4. The summed E-state index contributed by atoms with van der Waals surface area (Å²) in [4.78, 5) is 13.4. The molecule has 0 aliphatic carbocycles. The molecule has 3 aromatic heterocycles. The van der Waals surface area contributed by atoms with Crippen molar-refractivity contribution >= 4 is 5.95 Å². The SMILES string of the molecule is COC(c1cccc(Cn2cc(-c3cc(-c4cccc(C#N)c4)nc(N)n3)nn2)n1)C(C)C. The highest BCUT2D eigenvalue weighted by Gasteiger charge is 2.17. The molecular formula is C24H24N8O. The van der Waals surface area contributed by atoms with Gasteiger partial charge in [-0.05, 0) is 36.2 Å². The molecule has 4 rings (SSSR count). The van der Waals surface area contributed by atoms with Crippen LogP contribution in [0.25, 0.3) is 22.6 Å². The van der Waals surface area contributed by atoms with E-state index in [0.717, 1.165) is 17.0 Å². The van der Waals surface area contributed by atoms with Gasteiger partial charge in [-0.25, -0.2) is 14.6 Å². The number of nitrogens with two attached hydrogens (primary N) is 1. The van der Waals surface area contributed by atoms with Crippen LogP contribution >= 0.6 is 0 Å². The second kappa shape index (κ2) is 9.54. The number of anilines is 1. The smallest absolute Gasteiger partial charge is 0.221 e. The lowest BCUT2D eigenvalue weighted by atomic mass is 10.0. The van der Waals surface area contributed by atoms with Gasteiger partial charge in [0.05, 0.1) is 47.1 Å². The molecule has 0 amide bonds. The van der Waals surface area contributed by atoms with Crippen molar-refractivity contribution < 1.29 is 4.74 Å². The Labute approximate surface area is 191 Å². The first-order valence-corrected chi connectivity index (χ1v) is 10.5. The number of nitrogens with zero attached hydrogens (tertiary/aromatic N) is 7. The number of nitrogen functional groups attached to an aromatic ring is 1. The Kier molecular flexibility index (Phi) is 6.38. The predicted octanol–water partition coefficient (Wildman–Crippen LogP) is 3.64. The predicted molar refractivity (Wildman–Crippen MR) is 124 cm³/mol. The Balaban J connectivity index is 1.59. The molecule has 0 aliphatic heterocycles. The first kappa shape index (κ1) is 22.0. The van der Waals surface area contributed by atoms with Crippen molar-refractivity contribution in [2.24, 2.45) is 5.92 Å². The van der Waals surface area contributed by atoms with E-state index in [9.17, 15) is 0 Å². The van der Waals surface area contributed by atoms with Crippen molar-refractivity contribution in [3.63, 3.8) is 0 Å². The first-order valence-electron chi connectivity index (χ1n) is 10.5. The summed E-state index contributed by atoms with van der Waals surface area (Å²) in [6.45, 7) is 4.65. The molecule has 166 valence electrons. The third kappa shape index (κ3) is 5.02. The van der Waals surface area contributed by atoms with E-state index in [1.54, 1.807) is 42.3 Å². The van der Waals surface area contributed by atoms with Gasteiger partial charge in [0.1, 0.15) is 11.8 Å². The van der Waals surface area contributed by atoms with E-state index < -0.39 is 0 Å². The van der Waals surface area contributed by atoms with Gasteiger partial charge in [-0.2, -0.15) is 5.26 Å². The van der Waals surface area contributed by atoms with E-state index in [4.69, 9.17) is 20.7 Å². The van der Waals surface area contributed by atoms with Crippen molar-refractivity contribution in [1.29, 1.82) is 5.26 Å². The van der Waals surface area contributed by atoms with E-state index in [1.165, 1.54) is 0 Å². The van der Waals surface area contributed by atoms with Crippen molar-refractivity contribution in [2.75, 3.05) is 12.8 Å². The van der Waals surface area contributed by atoms with Crippen LogP contribution in [0, 0.1) is 17.2 Å². The maximum Gasteiger partial charge on any atom is 0.221 e. The average molecular weight is 441 g/mol. The van der Waals surface area contributed by atoms with Gasteiger partial charge in [-0.1, -0.05) is 37.3 Å². The molecule has 9 heteroatoms. The summed E-state index contributed by atoms with van der Waals surface area (Å²) < 4.78 is 7.30. The molecule has 1 atom stereocenters. The topological polar surface area (TPSA) is 128 Å². The van der Waals surface area contributed by atoms with Gasteiger partial charge < -0.3 is 10.5 Å². The number of methoxy groups -OCH3 is 1. The number of aromatic nitrogens is 6. The van der Waals surface area contributed by atoms with E-state index in [1.807, 2.05) is 24.3 Å². The molecule has 0 spiro atoms. The standard InChI is InChI=1S/C24H24N8O/c1-15(2)23(33-3)19-9-5-8-18(27-19)13-32-14-22(30-31-32)21-11-20(28-24(26)29-21)17-7-4-6-16(10-17)12-25/h4-11,14-15,23H,13H2,1-3H3,(H2,26,28,29). The Bertz CT molecular complexity index is 1310. The Morgan fingerprint density at radius 1 is 1.03 bits per heavy atom. The molecule has 3 heterocycles. The highest BCUT2D eigenvalue weighted by molar-refractivity contribution is 5.68. The average Bonchev–Trinajstić information content (AvgIpc) is 3.28. The van der Waals surface area contributed by atoms with E-state index in [0.29, 0.717) is 35.1 Å². The maximum atomic E-state index is 9.17. The highest BCUT2D eigenvalue weighted by Crippen LogP contribution is 2.25. The van der Waals surface area contributed by atoms with Crippen LogP contribution in [0.1, 0.15) is 36.9 Å². The molecule has 0 saturated heterocycles. The molecule has 33 heavy (non-hydrogen) atoms. The van der Waals surface area contributed by atoms with Crippen LogP contribution in [0.3, 0.4) is 0 Å². The van der Waals surface area contributed by atoms with Gasteiger partial charge in [-0.15, -0.1) is 5.10 Å². The summed E-state index contributed by atoms with van der Waals surface area (Å²) in [5.41, 5.74) is 10.7. The van der Waals surface area contributed by atoms with Crippen LogP contribution in [0.5, 0.6) is 0 Å². The molecule has 1 aromatic carbocycles. The van der Waals surface area contributed by atoms with Gasteiger partial charge in [0.25, 0.3) is 0 Å². The third-order valence-corrected chi connectivity index (χ3v) is 5.14. The van der Waals surface area contributed by atoms with Crippen LogP contribution in [0.15, 0.2) is 54.7 Å². The Morgan fingerprint density at radius 3 is 2.58 bits per heavy atom. The van der Waals surface area contributed by atoms with Crippen molar-refractivity contribution in [1.82, 2.24) is 29.9 Å². The van der Waals surface area contributed by atoms with Gasteiger partial charge in [0, 0.05) is 12.7 Å². The highest BCUT2D eigenvalue weighted by atomic mass is 16.5. The number of hydrogen-bond donors (Lipinski definition) is 1. The van der Waals surface area contributed by atoms with E-state index >= 15 is 0 Å². The first-order chi connectivity index (χ1) is 16.0. The van der Waals surface area contributed by atoms with Crippen LogP contribution in [0.4, 0.5) is 5.95 Å². The molecule has 2 N–H and O–H groups in total. The van der Waals surface area contributed by atoms with E-state index in [2.05, 4.69) is 40.2 Å². The quantitative estimate of drug-likeness (QED) is 0.461. The summed E-state index contributed by atoms with van der Waals surface area (Å²) in [5, 5.41) is 17.7. The number of hydrogen-bond acceptors (Lipinski definition) is 8. The lowest BCUT2D eigenvalue weighted by Gasteiger charge is -2.19. The summed E-state index contributed by atoms with van der Waals surface area (Å²) in [7, 11) is 1.70. The monoisotopic (exact) mass is 440 g/mol. The molecule has 4 aromatic rings. The van der Waals surface area contributed by atoms with Gasteiger partial charge in [0.2, 0.25) is 5.95 Å². The molecule has 0 aliphatic rings. The minimum Gasteiger partial charge on any atom is -0.375 e. The van der Waals surface area contributed by atoms with Gasteiger partial charge in [-0.3, -0.25) is 4.98 Å². The Hall–Kier alpha value is -4.16. The summed E-state index contributed by atoms with van der Waals surface area (Å²) >= 11 is 0. The van der Waals surface area contributed by atoms with Crippen molar-refractivity contribution in [3.05, 3.63) is 71.7 Å². The largest absolute Gasteiger partial charge is 0.375 e. The minimum absolute atomic E-state index is 0.0711. The lowest BCUT2D eigenvalue weighted by molar-refractivity contribution is 0.0610. The summed E-state index contributed by atoms with van der Waals surface area (Å²) in [6, 6.07) is 17.0. The minimum atomic E-state index is -0.0711. The number of rotatable bonds is 7. The molecule has 0 saturated carbocycles. The second-order valence-corrected chi connectivity index (χ2v) is 7.94. The number of benzene rings is 1. The zero-order valence-electron chi connectivity index (χ0n) is 18.7. The fourth-order valence-electron chi connectivity index (χ4n) is 3.63. The summed E-state index contributed by atoms with van der Waals surface area (Å²) in [6.07, 6.45) is 1.72. The van der Waals surface area contributed by atoms with Crippen molar-refractivity contribution in [3.8, 4) is 28.7 Å². The fourth-order valence-corrected chi connectivity index (χ4v) is 3.63. The van der Waals surface area contributed by atoms with Gasteiger partial charge >= 0.3 is 0 Å². The number of pyridine rings is 1. The van der Waals surface area contributed by atoms with Crippen LogP contribution in [-0.2, 0) is 11.3 Å². The number of ether oxygens (including phenoxy) is 1. The summed E-state index contributed by atoms with van der Waals surface area (Å²) in [5.74, 6) is 0.426. The molecule has 0 bridgehead atoms. The molecule has 0 radical (unpaired) electrons. The van der Waals surface area contributed by atoms with E-state index in [-0.39, 0.29) is 12.1 Å². The lowest BCUT2D eigenvalue weighted by Crippen LogP contribution is -2.12. The number of nitriles is 1. The molecular weight excluding hydrogens is 416 g/mol. The fraction of sp³-hybridized carbons (Fsp3) is 0.250. The molecule has 9 nitrogen and oxygen atoms in total. The maximum absolute atomic E-state index is 9.17. The Morgan fingerprint density at radius 2 is 1.82 bits per heavy atom. The molecule has 0 fully saturated rings. The van der Waals surface area contributed by atoms with Crippen molar-refractivity contribution in [2.45, 2.75) is 26.5 Å². The second-order valence-electron chi connectivity index (χ2n) is 7.94. The van der Waals surface area contributed by atoms with Gasteiger partial charge in [0.15, 0.2) is 0 Å². The third-order valence-electron chi connectivity index (χ3n) is 5.14. The van der Waals surface area contributed by atoms with Crippen LogP contribution in [-0.4, -0.2) is 37.1 Å². The normalized spacial score (nSPS) is 12.0. The molecule has 1 unspecified atom stereocenters.